The van der Waals surface area contributed by atoms with Gasteiger partial charge in [-0.15, -0.1) is 0 Å². The van der Waals surface area contributed by atoms with Gasteiger partial charge in [0.1, 0.15) is 17.4 Å². The SMILES string of the molecule is O=C(C#Cc1cccc(F)c1)NC12CC(NC(=O)COc3ccc(Cl)c(F)c3)(C1)C2. The van der Waals surface area contributed by atoms with E-state index in [0.717, 1.165) is 6.07 Å². The predicted octanol–water partition coefficient (Wildman–Crippen LogP) is 2.96. The van der Waals surface area contributed by atoms with Crippen molar-refractivity contribution in [3.63, 3.8) is 0 Å². The van der Waals surface area contributed by atoms with Gasteiger partial charge in [-0.3, -0.25) is 9.59 Å². The van der Waals surface area contributed by atoms with Gasteiger partial charge in [-0.05, 0) is 49.6 Å². The zero-order chi connectivity index (χ0) is 21.4. The first kappa shape index (κ1) is 20.2. The van der Waals surface area contributed by atoms with E-state index in [0.29, 0.717) is 24.8 Å². The highest BCUT2D eigenvalue weighted by Crippen LogP contribution is 2.60. The summed E-state index contributed by atoms with van der Waals surface area (Å²) in [6, 6.07) is 9.66. The van der Waals surface area contributed by atoms with Crippen LogP contribution in [0.25, 0.3) is 0 Å². The maximum absolute atomic E-state index is 13.4. The quantitative estimate of drug-likeness (QED) is 0.717. The standard InChI is InChI=1S/C22H17ClF2N2O3/c23-17-6-5-16(9-18(17)25)30-10-20(29)27-22-11-21(12-22,13-22)26-19(28)7-4-14-2-1-3-15(24)8-14/h1-3,5-6,8-9H,10-13H2,(H,26,28)(H,27,29). The van der Waals surface area contributed by atoms with Crippen molar-refractivity contribution >= 4 is 23.4 Å². The van der Waals surface area contributed by atoms with Crippen LogP contribution in [0.4, 0.5) is 8.78 Å². The summed E-state index contributed by atoms with van der Waals surface area (Å²) in [6.07, 6.45) is 1.82. The lowest BCUT2D eigenvalue weighted by molar-refractivity contribution is -0.148. The predicted molar refractivity (Wildman–Crippen MR) is 106 cm³/mol. The third-order valence-corrected chi connectivity index (χ3v) is 5.53. The second-order valence-electron chi connectivity index (χ2n) is 7.72. The summed E-state index contributed by atoms with van der Waals surface area (Å²) >= 11 is 5.61. The van der Waals surface area contributed by atoms with Crippen LogP contribution in [-0.2, 0) is 9.59 Å². The fourth-order valence-electron chi connectivity index (χ4n) is 4.07. The minimum Gasteiger partial charge on any atom is -0.484 e. The highest BCUT2D eigenvalue weighted by atomic mass is 35.5. The van der Waals surface area contributed by atoms with Crippen LogP contribution in [0.3, 0.4) is 0 Å². The lowest BCUT2D eigenvalue weighted by Crippen LogP contribution is -2.84. The number of carbonyl (C=O) groups is 2. The van der Waals surface area contributed by atoms with Crippen molar-refractivity contribution < 1.29 is 23.1 Å². The Morgan fingerprint density at radius 1 is 1.07 bits per heavy atom. The van der Waals surface area contributed by atoms with E-state index in [2.05, 4.69) is 22.5 Å². The molecule has 0 saturated heterocycles. The molecule has 2 aromatic carbocycles. The molecule has 2 bridgehead atoms. The first-order chi connectivity index (χ1) is 14.3. The number of benzene rings is 2. The molecule has 154 valence electrons. The van der Waals surface area contributed by atoms with Gasteiger partial charge in [0.2, 0.25) is 0 Å². The Labute approximate surface area is 176 Å². The maximum Gasteiger partial charge on any atom is 0.296 e. The van der Waals surface area contributed by atoms with Gasteiger partial charge < -0.3 is 15.4 Å². The Hall–Kier alpha value is -3.11. The van der Waals surface area contributed by atoms with Gasteiger partial charge in [0.15, 0.2) is 6.61 Å². The lowest BCUT2D eigenvalue weighted by Gasteiger charge is -2.70. The van der Waals surface area contributed by atoms with Crippen molar-refractivity contribution in [3.05, 3.63) is 64.7 Å². The van der Waals surface area contributed by atoms with Crippen molar-refractivity contribution in [2.24, 2.45) is 0 Å². The first-order valence-electron chi connectivity index (χ1n) is 9.25. The highest BCUT2D eigenvalue weighted by molar-refractivity contribution is 6.30. The number of carbonyl (C=O) groups excluding carboxylic acids is 2. The molecule has 3 fully saturated rings. The molecule has 0 atom stereocenters. The Bertz CT molecular complexity index is 1070. The molecule has 0 unspecified atom stereocenters. The molecular formula is C22H17ClF2N2O3. The Kier molecular flexibility index (Phi) is 5.12. The van der Waals surface area contributed by atoms with Crippen LogP contribution in [-0.4, -0.2) is 29.5 Å². The van der Waals surface area contributed by atoms with Gasteiger partial charge in [-0.2, -0.15) is 0 Å². The largest absolute Gasteiger partial charge is 0.484 e. The molecule has 5 nitrogen and oxygen atoms in total. The van der Waals surface area contributed by atoms with Crippen LogP contribution in [0, 0.1) is 23.5 Å². The Balaban J connectivity index is 1.22. The molecule has 2 aromatic rings. The number of hydrogen-bond donors (Lipinski definition) is 2. The van der Waals surface area contributed by atoms with Gasteiger partial charge in [-0.1, -0.05) is 23.6 Å². The molecule has 3 saturated carbocycles. The summed E-state index contributed by atoms with van der Waals surface area (Å²) in [6.45, 7) is -0.249. The number of rotatable bonds is 5. The zero-order valence-corrected chi connectivity index (χ0v) is 16.5. The summed E-state index contributed by atoms with van der Waals surface area (Å²) in [7, 11) is 0. The molecule has 2 amide bonds. The number of halogens is 3. The second kappa shape index (κ2) is 7.62. The molecule has 3 aliphatic carbocycles. The molecule has 0 radical (unpaired) electrons. The van der Waals surface area contributed by atoms with Crippen LogP contribution >= 0.6 is 11.6 Å². The van der Waals surface area contributed by atoms with Gasteiger partial charge >= 0.3 is 0 Å². The number of nitrogens with one attached hydrogen (secondary N) is 2. The van der Waals surface area contributed by atoms with Crippen molar-refractivity contribution in [1.82, 2.24) is 10.6 Å². The van der Waals surface area contributed by atoms with Gasteiger partial charge in [0.25, 0.3) is 11.8 Å². The Morgan fingerprint density at radius 3 is 2.50 bits per heavy atom. The molecule has 0 spiro atoms. The van der Waals surface area contributed by atoms with Crippen LogP contribution in [0.15, 0.2) is 42.5 Å². The average Bonchev–Trinajstić information content (AvgIpc) is 2.65. The second-order valence-corrected chi connectivity index (χ2v) is 8.13. The molecular weight excluding hydrogens is 414 g/mol. The van der Waals surface area contributed by atoms with E-state index < -0.39 is 17.5 Å². The fourth-order valence-corrected chi connectivity index (χ4v) is 4.19. The normalized spacial score (nSPS) is 23.2. The number of ether oxygens (including phenoxy) is 1. The van der Waals surface area contributed by atoms with Crippen molar-refractivity contribution in [3.8, 4) is 17.6 Å². The minimum atomic E-state index is -0.618. The van der Waals surface area contributed by atoms with Gasteiger partial charge in [0, 0.05) is 28.6 Å². The van der Waals surface area contributed by atoms with Crippen LogP contribution < -0.4 is 15.4 Å². The van der Waals surface area contributed by atoms with Gasteiger partial charge in [0.05, 0.1) is 5.02 Å². The molecule has 2 N–H and O–H groups in total. The summed E-state index contributed by atoms with van der Waals surface area (Å²) < 4.78 is 31.8. The maximum atomic E-state index is 13.4. The van der Waals surface area contributed by atoms with Crippen molar-refractivity contribution in [2.45, 2.75) is 30.3 Å². The van der Waals surface area contributed by atoms with E-state index in [-0.39, 0.29) is 34.4 Å². The molecule has 3 aliphatic rings. The number of amides is 2. The highest BCUT2D eigenvalue weighted by Gasteiger charge is 2.69. The van der Waals surface area contributed by atoms with Gasteiger partial charge in [-0.25, -0.2) is 8.78 Å². The summed E-state index contributed by atoms with van der Waals surface area (Å²) in [5.41, 5.74) is -0.289. The van der Waals surface area contributed by atoms with Crippen LogP contribution in [0.5, 0.6) is 5.75 Å². The average molecular weight is 431 g/mol. The zero-order valence-electron chi connectivity index (χ0n) is 15.7. The van der Waals surface area contributed by atoms with Crippen molar-refractivity contribution in [2.75, 3.05) is 6.61 Å². The van der Waals surface area contributed by atoms with Crippen LogP contribution in [0.1, 0.15) is 24.8 Å². The first-order valence-corrected chi connectivity index (χ1v) is 9.63. The smallest absolute Gasteiger partial charge is 0.296 e. The molecule has 0 aliphatic heterocycles. The third kappa shape index (κ3) is 4.24. The molecule has 8 heteroatoms. The van der Waals surface area contributed by atoms with E-state index >= 15 is 0 Å². The summed E-state index contributed by atoms with van der Waals surface area (Å²) in [5.74, 6) is 3.51. The van der Waals surface area contributed by atoms with Crippen LogP contribution in [0.2, 0.25) is 5.02 Å². The topological polar surface area (TPSA) is 67.4 Å². The number of hydrogen-bond acceptors (Lipinski definition) is 3. The molecule has 0 heterocycles. The lowest BCUT2D eigenvalue weighted by atomic mass is 9.44. The van der Waals surface area contributed by atoms with E-state index in [1.54, 1.807) is 6.07 Å². The monoisotopic (exact) mass is 430 g/mol. The van der Waals surface area contributed by atoms with E-state index in [4.69, 9.17) is 16.3 Å². The molecule has 0 aromatic heterocycles. The third-order valence-electron chi connectivity index (χ3n) is 5.22. The molecule has 5 rings (SSSR count). The summed E-state index contributed by atoms with van der Waals surface area (Å²) in [4.78, 5) is 24.2. The van der Waals surface area contributed by atoms with E-state index in [9.17, 15) is 18.4 Å². The molecule has 30 heavy (non-hydrogen) atoms. The Morgan fingerprint density at radius 2 is 1.80 bits per heavy atom. The fraction of sp³-hybridized carbons (Fsp3) is 0.273. The van der Waals surface area contributed by atoms with E-state index in [1.807, 2.05) is 0 Å². The van der Waals surface area contributed by atoms with Crippen molar-refractivity contribution in [1.29, 1.82) is 0 Å². The van der Waals surface area contributed by atoms with E-state index in [1.165, 1.54) is 30.3 Å². The minimum absolute atomic E-state index is 0.0198. The summed E-state index contributed by atoms with van der Waals surface area (Å²) in [5, 5.41) is 5.75.